The van der Waals surface area contributed by atoms with Crippen LogP contribution in [0.25, 0.3) is 0 Å². The molecule has 1 aliphatic carbocycles. The van der Waals surface area contributed by atoms with Crippen molar-refractivity contribution in [1.82, 2.24) is 14.3 Å². The standard InChI is InChI=1S/C12H25N3O3S/c1-2-13-11-3-5-12(6-4-11)14-19(16,17)15-7-9-18-10-8-15/h11-14H,2-10H2,1H3. The minimum Gasteiger partial charge on any atom is -0.379 e. The molecule has 19 heavy (non-hydrogen) atoms. The van der Waals surface area contributed by atoms with E-state index in [1.807, 2.05) is 0 Å². The molecule has 1 heterocycles. The van der Waals surface area contributed by atoms with Gasteiger partial charge in [0.1, 0.15) is 0 Å². The highest BCUT2D eigenvalue weighted by atomic mass is 32.2. The largest absolute Gasteiger partial charge is 0.379 e. The van der Waals surface area contributed by atoms with Gasteiger partial charge in [-0.1, -0.05) is 6.92 Å². The monoisotopic (exact) mass is 291 g/mol. The molecule has 0 aromatic carbocycles. The summed E-state index contributed by atoms with van der Waals surface area (Å²) in [7, 11) is -3.33. The van der Waals surface area contributed by atoms with Crippen LogP contribution in [0, 0.1) is 0 Å². The van der Waals surface area contributed by atoms with Crippen LogP contribution in [0.2, 0.25) is 0 Å². The van der Waals surface area contributed by atoms with Crippen molar-refractivity contribution in [3.8, 4) is 0 Å². The molecule has 112 valence electrons. The minimum absolute atomic E-state index is 0.0859. The second-order valence-electron chi connectivity index (χ2n) is 5.24. The molecule has 1 aliphatic heterocycles. The van der Waals surface area contributed by atoms with Crippen molar-refractivity contribution in [2.45, 2.75) is 44.7 Å². The Labute approximate surface area is 116 Å². The van der Waals surface area contributed by atoms with Crippen LogP contribution in [0.3, 0.4) is 0 Å². The van der Waals surface area contributed by atoms with E-state index in [1.54, 1.807) is 0 Å². The Morgan fingerprint density at radius 3 is 2.26 bits per heavy atom. The van der Waals surface area contributed by atoms with E-state index in [0.29, 0.717) is 32.3 Å². The number of ether oxygens (including phenoxy) is 1. The number of morpholine rings is 1. The number of nitrogens with one attached hydrogen (secondary N) is 2. The lowest BCUT2D eigenvalue weighted by molar-refractivity contribution is 0.0722. The molecule has 0 aromatic rings. The topological polar surface area (TPSA) is 70.7 Å². The van der Waals surface area contributed by atoms with E-state index in [0.717, 1.165) is 32.2 Å². The fraction of sp³-hybridized carbons (Fsp3) is 1.00. The predicted molar refractivity (Wildman–Crippen MR) is 74.2 cm³/mol. The Balaban J connectivity index is 1.80. The predicted octanol–water partition coefficient (Wildman–Crippen LogP) is 0.0737. The fourth-order valence-electron chi connectivity index (χ4n) is 2.78. The van der Waals surface area contributed by atoms with Gasteiger partial charge in [0.05, 0.1) is 13.2 Å². The summed E-state index contributed by atoms with van der Waals surface area (Å²) in [5.41, 5.74) is 0. The zero-order valence-electron chi connectivity index (χ0n) is 11.6. The fourth-order valence-corrected chi connectivity index (χ4v) is 4.21. The molecule has 1 saturated heterocycles. The molecule has 0 radical (unpaired) electrons. The summed E-state index contributed by atoms with van der Waals surface area (Å²) in [4.78, 5) is 0. The smallest absolute Gasteiger partial charge is 0.279 e. The normalized spacial score (nSPS) is 30.4. The van der Waals surface area contributed by atoms with Crippen molar-refractivity contribution < 1.29 is 13.2 Å². The van der Waals surface area contributed by atoms with Crippen LogP contribution >= 0.6 is 0 Å². The first-order valence-electron chi connectivity index (χ1n) is 7.20. The maximum atomic E-state index is 12.2. The molecule has 2 aliphatic rings. The van der Waals surface area contributed by atoms with Gasteiger partial charge in [0, 0.05) is 25.2 Å². The Morgan fingerprint density at radius 1 is 1.11 bits per heavy atom. The highest BCUT2D eigenvalue weighted by Gasteiger charge is 2.29. The molecular formula is C12H25N3O3S. The summed E-state index contributed by atoms with van der Waals surface area (Å²) < 4.78 is 33.9. The van der Waals surface area contributed by atoms with Crippen LogP contribution in [-0.4, -0.2) is 57.7 Å². The van der Waals surface area contributed by atoms with Gasteiger partial charge in [-0.15, -0.1) is 0 Å². The summed E-state index contributed by atoms with van der Waals surface area (Å²) in [6.45, 7) is 4.99. The zero-order valence-corrected chi connectivity index (χ0v) is 12.4. The third kappa shape index (κ3) is 4.39. The first kappa shape index (κ1) is 15.2. The molecule has 2 rings (SSSR count). The van der Waals surface area contributed by atoms with Crippen molar-refractivity contribution >= 4 is 10.2 Å². The Bertz CT molecular complexity index is 360. The molecule has 2 fully saturated rings. The molecule has 1 saturated carbocycles. The van der Waals surface area contributed by atoms with Gasteiger partial charge in [0.2, 0.25) is 0 Å². The van der Waals surface area contributed by atoms with Crippen molar-refractivity contribution in [1.29, 1.82) is 0 Å². The van der Waals surface area contributed by atoms with Gasteiger partial charge < -0.3 is 10.1 Å². The van der Waals surface area contributed by atoms with E-state index in [2.05, 4.69) is 17.0 Å². The van der Waals surface area contributed by atoms with E-state index in [1.165, 1.54) is 4.31 Å². The first-order chi connectivity index (χ1) is 9.12. The van der Waals surface area contributed by atoms with Gasteiger partial charge in [0.15, 0.2) is 0 Å². The third-order valence-electron chi connectivity index (χ3n) is 3.85. The summed E-state index contributed by atoms with van der Waals surface area (Å²) >= 11 is 0. The number of hydrogen-bond donors (Lipinski definition) is 2. The van der Waals surface area contributed by atoms with E-state index >= 15 is 0 Å². The lowest BCUT2D eigenvalue weighted by Gasteiger charge is -2.32. The molecule has 0 atom stereocenters. The van der Waals surface area contributed by atoms with Crippen LogP contribution in [-0.2, 0) is 14.9 Å². The lowest BCUT2D eigenvalue weighted by Crippen LogP contribution is -2.51. The van der Waals surface area contributed by atoms with Gasteiger partial charge in [0.25, 0.3) is 10.2 Å². The summed E-state index contributed by atoms with van der Waals surface area (Å²) in [5, 5.41) is 3.43. The van der Waals surface area contributed by atoms with Crippen LogP contribution in [0.5, 0.6) is 0 Å². The Morgan fingerprint density at radius 2 is 1.68 bits per heavy atom. The van der Waals surface area contributed by atoms with Crippen LogP contribution in [0.4, 0.5) is 0 Å². The summed E-state index contributed by atoms with van der Waals surface area (Å²) in [6.07, 6.45) is 3.93. The minimum atomic E-state index is -3.33. The van der Waals surface area contributed by atoms with Gasteiger partial charge in [-0.05, 0) is 32.2 Å². The van der Waals surface area contributed by atoms with Crippen LogP contribution in [0.1, 0.15) is 32.6 Å². The lowest BCUT2D eigenvalue weighted by atomic mass is 9.92. The summed E-state index contributed by atoms with van der Waals surface area (Å²) in [6, 6.07) is 0.636. The number of nitrogens with zero attached hydrogens (tertiary/aromatic N) is 1. The summed E-state index contributed by atoms with van der Waals surface area (Å²) in [5.74, 6) is 0. The molecule has 7 heteroatoms. The van der Waals surface area contributed by atoms with Crippen molar-refractivity contribution in [2.24, 2.45) is 0 Å². The van der Waals surface area contributed by atoms with Crippen molar-refractivity contribution in [2.75, 3.05) is 32.8 Å². The average Bonchev–Trinajstić information content (AvgIpc) is 2.42. The van der Waals surface area contributed by atoms with Crippen LogP contribution < -0.4 is 10.0 Å². The Kier molecular flexibility index (Phi) is 5.58. The van der Waals surface area contributed by atoms with Gasteiger partial charge >= 0.3 is 0 Å². The van der Waals surface area contributed by atoms with Crippen molar-refractivity contribution in [3.63, 3.8) is 0 Å². The molecule has 0 bridgehead atoms. The van der Waals surface area contributed by atoms with E-state index in [9.17, 15) is 8.42 Å². The quantitative estimate of drug-likeness (QED) is 0.752. The maximum absolute atomic E-state index is 12.2. The number of hydrogen-bond acceptors (Lipinski definition) is 4. The molecule has 0 aromatic heterocycles. The molecule has 0 amide bonds. The average molecular weight is 291 g/mol. The third-order valence-corrected chi connectivity index (χ3v) is 5.52. The second kappa shape index (κ2) is 6.99. The highest BCUT2D eigenvalue weighted by Crippen LogP contribution is 2.19. The molecule has 0 unspecified atom stereocenters. The van der Waals surface area contributed by atoms with E-state index in [-0.39, 0.29) is 6.04 Å². The number of rotatable bonds is 5. The van der Waals surface area contributed by atoms with E-state index < -0.39 is 10.2 Å². The van der Waals surface area contributed by atoms with Gasteiger partial charge in [-0.2, -0.15) is 17.4 Å². The maximum Gasteiger partial charge on any atom is 0.279 e. The molecule has 6 nitrogen and oxygen atoms in total. The zero-order chi connectivity index (χ0) is 13.7. The van der Waals surface area contributed by atoms with Gasteiger partial charge in [-0.25, -0.2) is 0 Å². The van der Waals surface area contributed by atoms with Crippen molar-refractivity contribution in [3.05, 3.63) is 0 Å². The Hall–Kier alpha value is -0.210. The molecular weight excluding hydrogens is 266 g/mol. The SMILES string of the molecule is CCNC1CCC(NS(=O)(=O)N2CCOCC2)CC1. The van der Waals surface area contributed by atoms with E-state index in [4.69, 9.17) is 4.74 Å². The highest BCUT2D eigenvalue weighted by molar-refractivity contribution is 7.87. The molecule has 0 spiro atoms. The van der Waals surface area contributed by atoms with Gasteiger partial charge in [-0.3, -0.25) is 0 Å². The van der Waals surface area contributed by atoms with Crippen LogP contribution in [0.15, 0.2) is 0 Å². The second-order valence-corrected chi connectivity index (χ2v) is 6.94. The first-order valence-corrected chi connectivity index (χ1v) is 8.64. The molecule has 2 N–H and O–H groups in total.